The highest BCUT2D eigenvalue weighted by Gasteiger charge is 2.21. The molecule has 1 aromatic carbocycles. The SMILES string of the molecule is O=C(NC1CCNCC1)c1cc(Cc2n[nH]c(=O)c3c2NCCC3)ccc1F. The third-order valence-corrected chi connectivity index (χ3v) is 5.38. The number of nitrogens with zero attached hydrogens (tertiary/aromatic N) is 1. The summed E-state index contributed by atoms with van der Waals surface area (Å²) >= 11 is 0. The first-order valence-corrected chi connectivity index (χ1v) is 9.76. The van der Waals surface area contributed by atoms with Crippen LogP contribution < -0.4 is 21.5 Å². The lowest BCUT2D eigenvalue weighted by atomic mass is 9.99. The number of hydrogen-bond acceptors (Lipinski definition) is 5. The van der Waals surface area contributed by atoms with Crippen molar-refractivity contribution in [3.63, 3.8) is 0 Å². The Labute approximate surface area is 162 Å². The number of aromatic amines is 1. The normalized spacial score (nSPS) is 16.9. The lowest BCUT2D eigenvalue weighted by molar-refractivity contribution is 0.0925. The Morgan fingerprint density at radius 2 is 2.07 bits per heavy atom. The van der Waals surface area contributed by atoms with Gasteiger partial charge in [-0.2, -0.15) is 5.10 Å². The quantitative estimate of drug-likeness (QED) is 0.637. The van der Waals surface area contributed by atoms with Crippen LogP contribution in [-0.4, -0.2) is 41.8 Å². The Hall–Kier alpha value is -2.74. The van der Waals surface area contributed by atoms with Gasteiger partial charge in [-0.1, -0.05) is 6.07 Å². The van der Waals surface area contributed by atoms with E-state index in [4.69, 9.17) is 0 Å². The molecule has 0 spiro atoms. The number of fused-ring (bicyclic) bond motifs is 1. The summed E-state index contributed by atoms with van der Waals surface area (Å²) in [5, 5.41) is 16.1. The van der Waals surface area contributed by atoms with Gasteiger partial charge in [0.05, 0.1) is 16.9 Å². The van der Waals surface area contributed by atoms with E-state index in [1.807, 2.05) is 0 Å². The van der Waals surface area contributed by atoms with E-state index in [1.54, 1.807) is 12.1 Å². The highest BCUT2D eigenvalue weighted by atomic mass is 19.1. The van der Waals surface area contributed by atoms with E-state index in [0.29, 0.717) is 24.1 Å². The van der Waals surface area contributed by atoms with Crippen molar-refractivity contribution in [3.05, 3.63) is 56.8 Å². The monoisotopic (exact) mass is 385 g/mol. The number of halogens is 1. The zero-order valence-corrected chi connectivity index (χ0v) is 15.6. The van der Waals surface area contributed by atoms with Gasteiger partial charge in [0.1, 0.15) is 5.82 Å². The molecule has 0 aliphatic carbocycles. The molecule has 148 valence electrons. The van der Waals surface area contributed by atoms with Crippen molar-refractivity contribution in [1.29, 1.82) is 0 Å². The predicted molar refractivity (Wildman–Crippen MR) is 104 cm³/mol. The van der Waals surface area contributed by atoms with Crippen LogP contribution in [0.4, 0.5) is 10.1 Å². The number of carbonyl (C=O) groups is 1. The van der Waals surface area contributed by atoms with Crippen LogP contribution in [0.3, 0.4) is 0 Å². The molecule has 7 nitrogen and oxygen atoms in total. The summed E-state index contributed by atoms with van der Waals surface area (Å²) in [6, 6.07) is 4.61. The first kappa shape index (κ1) is 18.6. The molecule has 0 unspecified atom stereocenters. The number of benzene rings is 1. The van der Waals surface area contributed by atoms with Crippen molar-refractivity contribution in [3.8, 4) is 0 Å². The summed E-state index contributed by atoms with van der Waals surface area (Å²) in [6.07, 6.45) is 3.69. The molecule has 0 atom stereocenters. The highest BCUT2D eigenvalue weighted by Crippen LogP contribution is 2.24. The van der Waals surface area contributed by atoms with Crippen molar-refractivity contribution in [2.24, 2.45) is 0 Å². The Morgan fingerprint density at radius 1 is 1.25 bits per heavy atom. The lowest BCUT2D eigenvalue weighted by Gasteiger charge is -2.24. The average Bonchev–Trinajstić information content (AvgIpc) is 2.72. The maximum Gasteiger partial charge on any atom is 0.269 e. The summed E-state index contributed by atoms with van der Waals surface area (Å²) in [7, 11) is 0. The number of nitrogens with one attached hydrogen (secondary N) is 4. The van der Waals surface area contributed by atoms with Gasteiger partial charge in [0.2, 0.25) is 0 Å². The zero-order valence-electron chi connectivity index (χ0n) is 15.6. The second-order valence-corrected chi connectivity index (χ2v) is 7.37. The van der Waals surface area contributed by atoms with E-state index in [9.17, 15) is 14.0 Å². The van der Waals surface area contributed by atoms with Crippen LogP contribution >= 0.6 is 0 Å². The molecule has 1 saturated heterocycles. The molecule has 0 saturated carbocycles. The van der Waals surface area contributed by atoms with E-state index in [0.717, 1.165) is 50.1 Å². The molecular weight excluding hydrogens is 361 g/mol. The second kappa shape index (κ2) is 8.10. The first-order valence-electron chi connectivity index (χ1n) is 9.76. The van der Waals surface area contributed by atoms with Gasteiger partial charge in [-0.15, -0.1) is 0 Å². The van der Waals surface area contributed by atoms with Crippen LogP contribution in [0.5, 0.6) is 0 Å². The van der Waals surface area contributed by atoms with E-state index in [-0.39, 0.29) is 23.1 Å². The molecule has 2 aliphatic rings. The zero-order chi connectivity index (χ0) is 19.5. The van der Waals surface area contributed by atoms with Crippen LogP contribution in [0.15, 0.2) is 23.0 Å². The largest absolute Gasteiger partial charge is 0.383 e. The molecule has 0 bridgehead atoms. The minimum Gasteiger partial charge on any atom is -0.383 e. The fourth-order valence-corrected chi connectivity index (χ4v) is 3.86. The number of carbonyl (C=O) groups excluding carboxylic acids is 1. The Kier molecular flexibility index (Phi) is 5.38. The third-order valence-electron chi connectivity index (χ3n) is 5.38. The molecule has 1 amide bonds. The molecule has 28 heavy (non-hydrogen) atoms. The first-order chi connectivity index (χ1) is 13.6. The van der Waals surface area contributed by atoms with Gasteiger partial charge < -0.3 is 16.0 Å². The van der Waals surface area contributed by atoms with E-state index in [2.05, 4.69) is 26.1 Å². The second-order valence-electron chi connectivity index (χ2n) is 7.37. The summed E-state index contributed by atoms with van der Waals surface area (Å²) in [6.45, 7) is 2.49. The minimum absolute atomic E-state index is 0.0438. The molecular formula is C20H24FN5O2. The Morgan fingerprint density at radius 3 is 2.89 bits per heavy atom. The predicted octanol–water partition coefficient (Wildman–Crippen LogP) is 1.34. The highest BCUT2D eigenvalue weighted by molar-refractivity contribution is 5.94. The van der Waals surface area contributed by atoms with E-state index in [1.165, 1.54) is 6.07 Å². The van der Waals surface area contributed by atoms with Gasteiger partial charge in [-0.25, -0.2) is 9.49 Å². The van der Waals surface area contributed by atoms with Gasteiger partial charge in [-0.3, -0.25) is 9.59 Å². The fraction of sp³-hybridized carbons (Fsp3) is 0.450. The smallest absolute Gasteiger partial charge is 0.269 e. The van der Waals surface area contributed by atoms with Crippen LogP contribution in [0, 0.1) is 5.82 Å². The topological polar surface area (TPSA) is 98.9 Å². The lowest BCUT2D eigenvalue weighted by Crippen LogP contribution is -2.42. The number of amides is 1. The third kappa shape index (κ3) is 3.91. The molecule has 2 aliphatic heterocycles. The number of aromatic nitrogens is 2. The fourth-order valence-electron chi connectivity index (χ4n) is 3.86. The molecule has 3 heterocycles. The number of anilines is 1. The average molecular weight is 385 g/mol. The van der Waals surface area contributed by atoms with Gasteiger partial charge in [0.25, 0.3) is 11.5 Å². The van der Waals surface area contributed by atoms with Crippen molar-refractivity contribution >= 4 is 11.6 Å². The van der Waals surface area contributed by atoms with Crippen molar-refractivity contribution in [2.45, 2.75) is 38.1 Å². The Bertz CT molecular complexity index is 937. The van der Waals surface area contributed by atoms with Gasteiger partial charge in [0, 0.05) is 24.6 Å². The van der Waals surface area contributed by atoms with Gasteiger partial charge >= 0.3 is 0 Å². The minimum atomic E-state index is -0.537. The van der Waals surface area contributed by atoms with Crippen molar-refractivity contribution < 1.29 is 9.18 Å². The molecule has 2 aromatic rings. The summed E-state index contributed by atoms with van der Waals surface area (Å²) in [5.41, 5.74) is 2.81. The summed E-state index contributed by atoms with van der Waals surface area (Å²) < 4.78 is 14.3. The maximum atomic E-state index is 14.3. The van der Waals surface area contributed by atoms with Crippen LogP contribution in [0.2, 0.25) is 0 Å². The molecule has 1 fully saturated rings. The number of H-pyrrole nitrogens is 1. The van der Waals surface area contributed by atoms with E-state index < -0.39 is 5.82 Å². The van der Waals surface area contributed by atoms with E-state index >= 15 is 0 Å². The van der Waals surface area contributed by atoms with Crippen LogP contribution in [0.1, 0.15) is 46.4 Å². The number of rotatable bonds is 4. The maximum absolute atomic E-state index is 14.3. The van der Waals surface area contributed by atoms with Crippen LogP contribution in [-0.2, 0) is 12.8 Å². The molecule has 0 radical (unpaired) electrons. The summed E-state index contributed by atoms with van der Waals surface area (Å²) in [4.78, 5) is 24.5. The standard InChI is InChI=1S/C20H24FN5O2/c21-16-4-3-12(10-15(16)19(27)24-13-5-8-22-9-6-13)11-17-18-14(2-1-7-23-18)20(28)26-25-17/h3-4,10,13,22-23H,1-2,5-9,11H2,(H,24,27)(H,26,28). The summed E-state index contributed by atoms with van der Waals surface area (Å²) in [5.74, 6) is -0.925. The number of piperidine rings is 1. The van der Waals surface area contributed by atoms with Crippen LogP contribution in [0.25, 0.3) is 0 Å². The van der Waals surface area contributed by atoms with Gasteiger partial charge in [0.15, 0.2) is 0 Å². The Balaban J connectivity index is 1.56. The number of hydrogen-bond donors (Lipinski definition) is 4. The van der Waals surface area contributed by atoms with Gasteiger partial charge in [-0.05, 0) is 56.5 Å². The molecule has 4 rings (SSSR count). The van der Waals surface area contributed by atoms with Crippen molar-refractivity contribution in [1.82, 2.24) is 20.8 Å². The molecule has 4 N–H and O–H groups in total. The molecule has 8 heteroatoms. The molecule has 1 aromatic heterocycles. The van der Waals surface area contributed by atoms with Crippen molar-refractivity contribution in [2.75, 3.05) is 25.0 Å².